The summed E-state index contributed by atoms with van der Waals surface area (Å²) in [5, 5.41) is 2.94. The summed E-state index contributed by atoms with van der Waals surface area (Å²) in [6, 6.07) is 6.04. The lowest BCUT2D eigenvalue weighted by Gasteiger charge is -2.06. The lowest BCUT2D eigenvalue weighted by molar-refractivity contribution is -0.115. The average molecular weight is 366 g/mol. The molecule has 0 spiro atoms. The maximum Gasteiger partial charge on any atom is 0.237 e. The number of nitrogens with one attached hydrogen (secondary N) is 1. The molecule has 1 aromatic rings. The molecule has 2 nitrogen and oxygen atoms in total. The summed E-state index contributed by atoms with van der Waals surface area (Å²) in [4.78, 5) is 11.6. The zero-order valence-corrected chi connectivity index (χ0v) is 11.1. The maximum atomic E-state index is 11.6. The van der Waals surface area contributed by atoms with Crippen LogP contribution in [0.2, 0.25) is 0 Å². The highest BCUT2D eigenvalue weighted by Gasteiger charge is 2.20. The minimum absolute atomic E-state index is 0.0822. The van der Waals surface area contributed by atoms with Gasteiger partial charge in [0.05, 0.1) is 3.92 Å². The second-order valence-corrected chi connectivity index (χ2v) is 5.72. The van der Waals surface area contributed by atoms with Crippen molar-refractivity contribution in [2.75, 3.05) is 5.32 Å². The van der Waals surface area contributed by atoms with Crippen LogP contribution in [0.5, 0.6) is 0 Å². The van der Waals surface area contributed by atoms with Crippen molar-refractivity contribution in [2.45, 2.75) is 16.8 Å². The van der Waals surface area contributed by atoms with E-state index >= 15 is 0 Å². The standard InChI is InChI=1S/C10H9BrINO/c11-7-3-1-6-2-4-8(12)10(14)13-9(6)5-7/h1,3,5,8H,2,4H2,(H,13,14). The van der Waals surface area contributed by atoms with Crippen LogP contribution in [-0.4, -0.2) is 9.83 Å². The molecule has 1 aromatic carbocycles. The Morgan fingerprint density at radius 1 is 1.50 bits per heavy atom. The van der Waals surface area contributed by atoms with Gasteiger partial charge in [0.2, 0.25) is 5.91 Å². The van der Waals surface area contributed by atoms with Crippen LogP contribution in [0.15, 0.2) is 22.7 Å². The van der Waals surface area contributed by atoms with Crippen LogP contribution in [0.1, 0.15) is 12.0 Å². The largest absolute Gasteiger partial charge is 0.325 e. The predicted octanol–water partition coefficient (Wildman–Crippen LogP) is 3.14. The number of aryl methyl sites for hydroxylation is 1. The van der Waals surface area contributed by atoms with E-state index in [4.69, 9.17) is 0 Å². The Bertz CT molecular complexity index is 380. The van der Waals surface area contributed by atoms with E-state index in [1.807, 2.05) is 12.1 Å². The smallest absolute Gasteiger partial charge is 0.237 e. The molecule has 1 atom stereocenters. The number of hydrogen-bond donors (Lipinski definition) is 1. The Morgan fingerprint density at radius 3 is 3.07 bits per heavy atom. The van der Waals surface area contributed by atoms with Gasteiger partial charge in [-0.05, 0) is 30.5 Å². The molecule has 0 bridgehead atoms. The van der Waals surface area contributed by atoms with Gasteiger partial charge in [-0.2, -0.15) is 0 Å². The van der Waals surface area contributed by atoms with Gasteiger partial charge in [-0.25, -0.2) is 0 Å². The van der Waals surface area contributed by atoms with Crippen molar-refractivity contribution < 1.29 is 4.79 Å². The van der Waals surface area contributed by atoms with Crippen molar-refractivity contribution >= 4 is 50.1 Å². The Hall–Kier alpha value is -0.100. The van der Waals surface area contributed by atoms with Crippen molar-refractivity contribution in [3.05, 3.63) is 28.2 Å². The minimum atomic E-state index is 0.0822. The van der Waals surface area contributed by atoms with Crippen molar-refractivity contribution in [1.82, 2.24) is 0 Å². The summed E-state index contributed by atoms with van der Waals surface area (Å²) < 4.78 is 1.09. The molecule has 74 valence electrons. The van der Waals surface area contributed by atoms with Gasteiger partial charge >= 0.3 is 0 Å². The molecule has 1 N–H and O–H groups in total. The third-order valence-corrected chi connectivity index (χ3v) is 3.96. The lowest BCUT2D eigenvalue weighted by Crippen LogP contribution is -2.20. The Morgan fingerprint density at radius 2 is 2.29 bits per heavy atom. The fourth-order valence-corrected chi connectivity index (χ4v) is 2.34. The first-order chi connectivity index (χ1) is 6.66. The van der Waals surface area contributed by atoms with Crippen LogP contribution < -0.4 is 5.32 Å². The first-order valence-electron chi connectivity index (χ1n) is 4.40. The van der Waals surface area contributed by atoms with Gasteiger partial charge in [0.25, 0.3) is 0 Å². The van der Waals surface area contributed by atoms with Crippen LogP contribution in [0, 0.1) is 0 Å². The first-order valence-corrected chi connectivity index (χ1v) is 6.44. The van der Waals surface area contributed by atoms with Gasteiger partial charge in [-0.3, -0.25) is 4.79 Å². The summed E-state index contributed by atoms with van der Waals surface area (Å²) in [7, 11) is 0. The number of benzene rings is 1. The Labute approximate surface area is 105 Å². The molecule has 4 heteroatoms. The number of carbonyl (C=O) groups excluding carboxylic acids is 1. The summed E-state index contributed by atoms with van der Waals surface area (Å²) in [5.74, 6) is 0.113. The quantitative estimate of drug-likeness (QED) is 0.555. The third-order valence-electron chi connectivity index (χ3n) is 2.28. The molecule has 0 fully saturated rings. The number of hydrogen-bond acceptors (Lipinski definition) is 1. The molecule has 14 heavy (non-hydrogen) atoms. The van der Waals surface area contributed by atoms with E-state index < -0.39 is 0 Å². The number of anilines is 1. The highest BCUT2D eigenvalue weighted by atomic mass is 127. The first kappa shape index (κ1) is 10.4. The summed E-state index contributed by atoms with van der Waals surface area (Å²) in [6.45, 7) is 0. The number of rotatable bonds is 0. The molecular weight excluding hydrogens is 357 g/mol. The zero-order valence-electron chi connectivity index (χ0n) is 7.39. The van der Waals surface area contributed by atoms with Crippen molar-refractivity contribution in [1.29, 1.82) is 0 Å². The molecule has 2 rings (SSSR count). The summed E-state index contributed by atoms with van der Waals surface area (Å²) in [6.07, 6.45) is 1.88. The number of halogens is 2. The van der Waals surface area contributed by atoms with Crippen LogP contribution in [0.4, 0.5) is 5.69 Å². The van der Waals surface area contributed by atoms with E-state index in [-0.39, 0.29) is 9.83 Å². The van der Waals surface area contributed by atoms with Gasteiger partial charge in [0.1, 0.15) is 0 Å². The molecule has 1 amide bonds. The Kier molecular flexibility index (Phi) is 3.11. The van der Waals surface area contributed by atoms with E-state index in [1.54, 1.807) is 0 Å². The van der Waals surface area contributed by atoms with Gasteiger partial charge in [-0.15, -0.1) is 0 Å². The molecule has 1 heterocycles. The topological polar surface area (TPSA) is 29.1 Å². The van der Waals surface area contributed by atoms with E-state index in [9.17, 15) is 4.79 Å². The van der Waals surface area contributed by atoms with Crippen molar-refractivity contribution in [2.24, 2.45) is 0 Å². The average Bonchev–Trinajstić information content (AvgIpc) is 2.27. The minimum Gasteiger partial charge on any atom is -0.325 e. The van der Waals surface area contributed by atoms with Gasteiger partial charge < -0.3 is 5.32 Å². The van der Waals surface area contributed by atoms with Gasteiger partial charge in [0, 0.05) is 10.2 Å². The van der Waals surface area contributed by atoms with Crippen LogP contribution in [0.3, 0.4) is 0 Å². The normalized spacial score (nSPS) is 21.0. The number of fused-ring (bicyclic) bond motifs is 1. The van der Waals surface area contributed by atoms with E-state index in [1.165, 1.54) is 5.56 Å². The lowest BCUT2D eigenvalue weighted by atomic mass is 10.1. The molecular formula is C10H9BrINO. The second-order valence-electron chi connectivity index (χ2n) is 3.30. The van der Waals surface area contributed by atoms with Gasteiger partial charge in [-0.1, -0.05) is 44.6 Å². The van der Waals surface area contributed by atoms with E-state index in [0.717, 1.165) is 23.0 Å². The predicted molar refractivity (Wildman–Crippen MR) is 68.9 cm³/mol. The van der Waals surface area contributed by atoms with E-state index in [0.29, 0.717) is 0 Å². The SMILES string of the molecule is O=C1Nc2cc(Br)ccc2CCC1I. The molecule has 0 saturated carbocycles. The monoisotopic (exact) mass is 365 g/mol. The van der Waals surface area contributed by atoms with Gasteiger partial charge in [0.15, 0.2) is 0 Å². The molecule has 1 aliphatic heterocycles. The number of carbonyl (C=O) groups is 1. The molecule has 1 aliphatic rings. The van der Waals surface area contributed by atoms with Crippen molar-refractivity contribution in [3.8, 4) is 0 Å². The van der Waals surface area contributed by atoms with Crippen LogP contribution >= 0.6 is 38.5 Å². The summed E-state index contributed by atoms with van der Waals surface area (Å²) in [5.41, 5.74) is 2.17. The van der Waals surface area contributed by atoms with E-state index in [2.05, 4.69) is 49.9 Å². The Balaban J connectivity index is 2.38. The molecule has 0 aliphatic carbocycles. The fourth-order valence-electron chi connectivity index (χ4n) is 1.51. The third kappa shape index (κ3) is 2.11. The number of amides is 1. The molecule has 1 unspecified atom stereocenters. The highest BCUT2D eigenvalue weighted by molar-refractivity contribution is 14.1. The molecule has 0 aromatic heterocycles. The maximum absolute atomic E-state index is 11.6. The van der Waals surface area contributed by atoms with Crippen molar-refractivity contribution in [3.63, 3.8) is 0 Å². The zero-order chi connectivity index (χ0) is 10.1. The van der Waals surface area contributed by atoms with Crippen LogP contribution in [0.25, 0.3) is 0 Å². The number of alkyl halides is 1. The second kappa shape index (κ2) is 4.18. The highest BCUT2D eigenvalue weighted by Crippen LogP contribution is 2.27. The summed E-state index contributed by atoms with van der Waals surface area (Å²) >= 11 is 5.59. The van der Waals surface area contributed by atoms with Crippen LogP contribution in [-0.2, 0) is 11.2 Å². The molecule has 0 saturated heterocycles. The fraction of sp³-hybridized carbons (Fsp3) is 0.300. The molecule has 0 radical (unpaired) electrons.